The van der Waals surface area contributed by atoms with Crippen LogP contribution in [-0.4, -0.2) is 0 Å². The second kappa shape index (κ2) is 13.1. The Labute approximate surface area is 262 Å². The van der Waals surface area contributed by atoms with Crippen LogP contribution in [0, 0.1) is 13.8 Å². The predicted molar refractivity (Wildman–Crippen MR) is 177 cm³/mol. The third-order valence-corrected chi connectivity index (χ3v) is 6.71. The molecule has 45 heavy (non-hydrogen) atoms. The molecular formula is C38H32N2O5. The van der Waals surface area contributed by atoms with E-state index in [1.54, 1.807) is 12.1 Å². The fourth-order valence-corrected chi connectivity index (χ4v) is 4.51. The molecule has 0 amide bonds. The summed E-state index contributed by atoms with van der Waals surface area (Å²) in [5, 5.41) is 0. The summed E-state index contributed by atoms with van der Waals surface area (Å²) in [4.78, 5) is 0. The number of rotatable bonds is 10. The van der Waals surface area contributed by atoms with Gasteiger partial charge in [-0.05, 0) is 122 Å². The molecule has 6 aromatic rings. The zero-order valence-electron chi connectivity index (χ0n) is 24.9. The summed E-state index contributed by atoms with van der Waals surface area (Å²) >= 11 is 0. The molecule has 0 unspecified atom stereocenters. The molecule has 0 saturated carbocycles. The van der Waals surface area contributed by atoms with Crippen LogP contribution < -0.4 is 35.2 Å². The Morgan fingerprint density at radius 3 is 1.09 bits per heavy atom. The van der Waals surface area contributed by atoms with Gasteiger partial charge < -0.3 is 35.2 Å². The van der Waals surface area contributed by atoms with Crippen molar-refractivity contribution in [3.05, 3.63) is 145 Å². The fourth-order valence-electron chi connectivity index (χ4n) is 4.51. The average Bonchev–Trinajstić information content (AvgIpc) is 3.02. The van der Waals surface area contributed by atoms with Crippen LogP contribution in [0.2, 0.25) is 0 Å². The summed E-state index contributed by atoms with van der Waals surface area (Å²) in [6.07, 6.45) is 0. The monoisotopic (exact) mass is 596 g/mol. The Morgan fingerprint density at radius 1 is 0.333 bits per heavy atom. The summed E-state index contributed by atoms with van der Waals surface area (Å²) in [5.74, 6) is 6.13. The number of nitrogen functional groups attached to an aromatic ring is 2. The molecule has 6 rings (SSSR count). The molecule has 0 radical (unpaired) electrons. The first-order valence-electron chi connectivity index (χ1n) is 14.4. The van der Waals surface area contributed by atoms with E-state index in [1.165, 1.54) is 0 Å². The SMILES string of the molecule is Cc1ccc(Oc2ccc(C)cc2Oc2ccc(Oc3cccc(N)c3)cc2)c(Oc2ccc(Oc3cccc(N)c3)cc2)c1. The molecule has 0 aromatic heterocycles. The van der Waals surface area contributed by atoms with Crippen molar-refractivity contribution in [2.24, 2.45) is 0 Å². The van der Waals surface area contributed by atoms with Gasteiger partial charge in [0.1, 0.15) is 34.5 Å². The number of nitrogens with two attached hydrogens (primary N) is 2. The van der Waals surface area contributed by atoms with E-state index >= 15 is 0 Å². The second-order valence-electron chi connectivity index (χ2n) is 10.5. The van der Waals surface area contributed by atoms with Gasteiger partial charge in [-0.25, -0.2) is 0 Å². The first kappa shape index (κ1) is 29.0. The summed E-state index contributed by atoms with van der Waals surface area (Å²) < 4.78 is 30.8. The molecule has 224 valence electrons. The summed E-state index contributed by atoms with van der Waals surface area (Å²) in [6.45, 7) is 4.00. The minimum Gasteiger partial charge on any atom is -0.457 e. The lowest BCUT2D eigenvalue weighted by molar-refractivity contribution is 0.393. The van der Waals surface area contributed by atoms with Crippen molar-refractivity contribution in [1.29, 1.82) is 0 Å². The molecular weight excluding hydrogens is 564 g/mol. The maximum Gasteiger partial charge on any atom is 0.170 e. The molecule has 7 heteroatoms. The van der Waals surface area contributed by atoms with Crippen molar-refractivity contribution in [2.75, 3.05) is 11.5 Å². The third-order valence-electron chi connectivity index (χ3n) is 6.71. The van der Waals surface area contributed by atoms with Gasteiger partial charge in [0.2, 0.25) is 0 Å². The van der Waals surface area contributed by atoms with E-state index in [2.05, 4.69) is 0 Å². The highest BCUT2D eigenvalue weighted by molar-refractivity contribution is 5.53. The van der Waals surface area contributed by atoms with E-state index in [9.17, 15) is 0 Å². The number of aryl methyl sites for hydroxylation is 2. The van der Waals surface area contributed by atoms with Crippen LogP contribution in [0.25, 0.3) is 0 Å². The highest BCUT2D eigenvalue weighted by Gasteiger charge is 2.14. The zero-order valence-corrected chi connectivity index (χ0v) is 24.9. The van der Waals surface area contributed by atoms with E-state index in [0.29, 0.717) is 68.9 Å². The van der Waals surface area contributed by atoms with Crippen molar-refractivity contribution >= 4 is 11.4 Å². The number of anilines is 2. The van der Waals surface area contributed by atoms with Crippen LogP contribution in [0.1, 0.15) is 11.1 Å². The normalized spacial score (nSPS) is 10.6. The lowest BCUT2D eigenvalue weighted by Gasteiger charge is -2.16. The molecule has 7 nitrogen and oxygen atoms in total. The smallest absolute Gasteiger partial charge is 0.170 e. The summed E-state index contributed by atoms with van der Waals surface area (Å²) in [6, 6.07) is 40.9. The Kier molecular flexibility index (Phi) is 8.42. The molecule has 0 atom stereocenters. The van der Waals surface area contributed by atoms with E-state index in [0.717, 1.165) is 11.1 Å². The summed E-state index contributed by atoms with van der Waals surface area (Å²) in [7, 11) is 0. The van der Waals surface area contributed by atoms with Gasteiger partial charge in [0.15, 0.2) is 23.0 Å². The van der Waals surface area contributed by atoms with Crippen molar-refractivity contribution in [3.63, 3.8) is 0 Å². The number of ether oxygens (including phenoxy) is 5. The van der Waals surface area contributed by atoms with Crippen molar-refractivity contribution in [1.82, 2.24) is 0 Å². The van der Waals surface area contributed by atoms with E-state index < -0.39 is 0 Å². The number of hydrogen-bond acceptors (Lipinski definition) is 7. The number of hydrogen-bond donors (Lipinski definition) is 2. The van der Waals surface area contributed by atoms with Crippen molar-refractivity contribution in [3.8, 4) is 57.5 Å². The van der Waals surface area contributed by atoms with E-state index in [4.69, 9.17) is 35.2 Å². The predicted octanol–water partition coefficient (Wildman–Crippen LogP) is 10.4. The zero-order chi connectivity index (χ0) is 31.2. The Bertz CT molecular complexity index is 1780. The van der Waals surface area contributed by atoms with E-state index in [-0.39, 0.29) is 0 Å². The Morgan fingerprint density at radius 2 is 0.711 bits per heavy atom. The standard InChI is InChI=1S/C38H32N2O5/c1-25-9-19-35(37(21-25)43-31-15-11-29(12-16-31)41-33-7-3-5-27(39)23-33)45-36-20-10-26(2)22-38(36)44-32-17-13-30(14-18-32)42-34-8-4-6-28(40)24-34/h3-24H,39-40H2,1-2H3. The van der Waals surface area contributed by atoms with Gasteiger partial charge in [-0.1, -0.05) is 24.3 Å². The van der Waals surface area contributed by atoms with Gasteiger partial charge in [-0.2, -0.15) is 0 Å². The minimum absolute atomic E-state index is 0.542. The molecule has 6 aromatic carbocycles. The first-order valence-corrected chi connectivity index (χ1v) is 14.4. The molecule has 0 aliphatic heterocycles. The van der Waals surface area contributed by atoms with Crippen molar-refractivity contribution in [2.45, 2.75) is 13.8 Å². The van der Waals surface area contributed by atoms with Gasteiger partial charge in [0.05, 0.1) is 0 Å². The molecule has 0 spiro atoms. The van der Waals surface area contributed by atoms with Gasteiger partial charge in [0.25, 0.3) is 0 Å². The van der Waals surface area contributed by atoms with Gasteiger partial charge >= 0.3 is 0 Å². The van der Waals surface area contributed by atoms with Gasteiger partial charge in [-0.3, -0.25) is 0 Å². The third kappa shape index (κ3) is 7.66. The molecule has 0 saturated heterocycles. The topological polar surface area (TPSA) is 98.2 Å². The Hall–Kier alpha value is -6.08. The largest absolute Gasteiger partial charge is 0.457 e. The molecule has 0 bridgehead atoms. The first-order chi connectivity index (χ1) is 21.9. The minimum atomic E-state index is 0.542. The molecule has 4 N–H and O–H groups in total. The van der Waals surface area contributed by atoms with Crippen LogP contribution in [-0.2, 0) is 0 Å². The maximum atomic E-state index is 6.40. The maximum absolute atomic E-state index is 6.40. The summed E-state index contributed by atoms with van der Waals surface area (Å²) in [5.41, 5.74) is 15.1. The second-order valence-corrected chi connectivity index (χ2v) is 10.5. The molecule has 0 heterocycles. The highest BCUT2D eigenvalue weighted by atomic mass is 16.5. The molecule has 0 aliphatic rings. The van der Waals surface area contributed by atoms with E-state index in [1.807, 2.05) is 135 Å². The molecule has 0 fully saturated rings. The molecule has 0 aliphatic carbocycles. The van der Waals surface area contributed by atoms with Gasteiger partial charge in [0, 0.05) is 23.5 Å². The quantitative estimate of drug-likeness (QED) is 0.152. The van der Waals surface area contributed by atoms with Crippen LogP contribution >= 0.6 is 0 Å². The van der Waals surface area contributed by atoms with Gasteiger partial charge in [-0.15, -0.1) is 0 Å². The van der Waals surface area contributed by atoms with Crippen LogP contribution in [0.5, 0.6) is 57.5 Å². The number of benzene rings is 6. The highest BCUT2D eigenvalue weighted by Crippen LogP contribution is 2.41. The van der Waals surface area contributed by atoms with Crippen molar-refractivity contribution < 1.29 is 23.7 Å². The lowest BCUT2D eigenvalue weighted by Crippen LogP contribution is -1.95. The average molecular weight is 597 g/mol. The van der Waals surface area contributed by atoms with Crippen LogP contribution in [0.4, 0.5) is 11.4 Å². The van der Waals surface area contributed by atoms with Crippen LogP contribution in [0.3, 0.4) is 0 Å². The lowest BCUT2D eigenvalue weighted by atomic mass is 10.2. The van der Waals surface area contributed by atoms with Crippen LogP contribution in [0.15, 0.2) is 133 Å². The fraction of sp³-hybridized carbons (Fsp3) is 0.0526. The Balaban J connectivity index is 1.17.